The summed E-state index contributed by atoms with van der Waals surface area (Å²) in [7, 11) is 0. The molecule has 3 N–H and O–H groups in total. The van der Waals surface area contributed by atoms with E-state index in [2.05, 4.69) is 5.32 Å². The number of nitrogens with zero attached hydrogens (tertiary/aromatic N) is 1. The number of esters is 1. The average Bonchev–Trinajstić information content (AvgIpc) is 3.27. The first-order valence-electron chi connectivity index (χ1n) is 9.01. The summed E-state index contributed by atoms with van der Waals surface area (Å²) in [5, 5.41) is 14.1. The van der Waals surface area contributed by atoms with E-state index in [1.54, 1.807) is 6.26 Å². The van der Waals surface area contributed by atoms with Gasteiger partial charge in [-0.3, -0.25) is 19.7 Å². The first-order chi connectivity index (χ1) is 14.2. The van der Waals surface area contributed by atoms with E-state index < -0.39 is 28.8 Å². The lowest BCUT2D eigenvalue weighted by Crippen LogP contribution is -2.30. The van der Waals surface area contributed by atoms with Crippen molar-refractivity contribution in [3.05, 3.63) is 49.9 Å². The number of nitro benzene ring substituents is 1. The van der Waals surface area contributed by atoms with Crippen LogP contribution >= 0.6 is 23.1 Å². The lowest BCUT2D eigenvalue weighted by molar-refractivity contribution is -0.387. The third-order valence-electron chi connectivity index (χ3n) is 4.67. The van der Waals surface area contributed by atoms with E-state index in [0.717, 1.165) is 35.8 Å². The summed E-state index contributed by atoms with van der Waals surface area (Å²) in [5.74, 6) is -2.10. The standard InChI is InChI=1S/C19H19N3O6S2/c1-9(28-19(25)10-6-7-14(29-2)12(8-10)22(26)27)17(24)21-18-15(16(20)23)11-4-3-5-13(11)30-18/h6-9H,3-5H2,1-2H3,(H2,20,23)(H,21,24). The van der Waals surface area contributed by atoms with E-state index in [4.69, 9.17) is 10.5 Å². The summed E-state index contributed by atoms with van der Waals surface area (Å²) in [6.45, 7) is 1.38. The van der Waals surface area contributed by atoms with Crippen LogP contribution in [-0.4, -0.2) is 35.1 Å². The number of hydrogen-bond acceptors (Lipinski definition) is 8. The van der Waals surface area contributed by atoms with Crippen molar-refractivity contribution >= 4 is 51.6 Å². The van der Waals surface area contributed by atoms with Gasteiger partial charge >= 0.3 is 5.97 Å². The zero-order chi connectivity index (χ0) is 22.0. The molecule has 3 rings (SSSR count). The van der Waals surface area contributed by atoms with Crippen LogP contribution in [0.3, 0.4) is 0 Å². The quantitative estimate of drug-likeness (QED) is 0.286. The monoisotopic (exact) mass is 449 g/mol. The smallest absolute Gasteiger partial charge is 0.339 e. The lowest BCUT2D eigenvalue weighted by atomic mass is 10.1. The average molecular weight is 450 g/mol. The molecule has 0 spiro atoms. The number of nitro groups is 1. The molecule has 0 bridgehead atoms. The molecule has 1 unspecified atom stereocenters. The molecule has 1 aliphatic carbocycles. The van der Waals surface area contributed by atoms with Crippen LogP contribution < -0.4 is 11.1 Å². The minimum absolute atomic E-state index is 0.0351. The van der Waals surface area contributed by atoms with Gasteiger partial charge < -0.3 is 15.8 Å². The van der Waals surface area contributed by atoms with E-state index in [9.17, 15) is 24.5 Å². The fourth-order valence-electron chi connectivity index (χ4n) is 3.21. The van der Waals surface area contributed by atoms with Crippen molar-refractivity contribution in [2.45, 2.75) is 37.2 Å². The molecule has 0 radical (unpaired) electrons. The van der Waals surface area contributed by atoms with Gasteiger partial charge in [0.05, 0.1) is 20.9 Å². The lowest BCUT2D eigenvalue weighted by Gasteiger charge is -2.14. The van der Waals surface area contributed by atoms with E-state index in [1.807, 2.05) is 0 Å². The van der Waals surface area contributed by atoms with Crippen LogP contribution in [0.5, 0.6) is 0 Å². The van der Waals surface area contributed by atoms with Gasteiger partial charge in [0, 0.05) is 10.9 Å². The van der Waals surface area contributed by atoms with E-state index in [-0.39, 0.29) is 11.3 Å². The molecular weight excluding hydrogens is 430 g/mol. The topological polar surface area (TPSA) is 142 Å². The predicted molar refractivity (Wildman–Crippen MR) is 113 cm³/mol. The number of nitrogens with two attached hydrogens (primary N) is 1. The maximum Gasteiger partial charge on any atom is 0.339 e. The largest absolute Gasteiger partial charge is 0.449 e. The summed E-state index contributed by atoms with van der Waals surface area (Å²) >= 11 is 2.48. The van der Waals surface area contributed by atoms with Crippen LogP contribution in [0.25, 0.3) is 0 Å². The Morgan fingerprint density at radius 2 is 2.07 bits per heavy atom. The zero-order valence-corrected chi connectivity index (χ0v) is 17.9. The van der Waals surface area contributed by atoms with Gasteiger partial charge in [-0.25, -0.2) is 4.79 Å². The molecule has 0 aliphatic heterocycles. The number of carbonyl (C=O) groups is 3. The third kappa shape index (κ3) is 4.31. The number of hydrogen-bond donors (Lipinski definition) is 2. The molecule has 0 saturated carbocycles. The number of fused-ring (bicyclic) bond motifs is 1. The van der Waals surface area contributed by atoms with Gasteiger partial charge in [-0.05, 0) is 50.1 Å². The van der Waals surface area contributed by atoms with Crippen LogP contribution in [0.1, 0.15) is 44.5 Å². The van der Waals surface area contributed by atoms with Gasteiger partial charge in [-0.2, -0.15) is 0 Å². The Bertz CT molecular complexity index is 1050. The number of benzene rings is 1. The van der Waals surface area contributed by atoms with Gasteiger partial charge in [-0.1, -0.05) is 0 Å². The Hall–Kier alpha value is -2.92. The highest BCUT2D eigenvalue weighted by Gasteiger charge is 2.28. The van der Waals surface area contributed by atoms with Gasteiger partial charge in [0.15, 0.2) is 6.10 Å². The number of rotatable bonds is 7. The first-order valence-corrected chi connectivity index (χ1v) is 11.1. The maximum absolute atomic E-state index is 12.5. The van der Waals surface area contributed by atoms with E-state index in [1.165, 1.54) is 42.2 Å². The number of ether oxygens (including phenoxy) is 1. The van der Waals surface area contributed by atoms with Crippen molar-refractivity contribution in [3.63, 3.8) is 0 Å². The molecule has 9 nitrogen and oxygen atoms in total. The number of anilines is 1. The molecule has 2 aromatic rings. The number of aryl methyl sites for hydroxylation is 1. The number of primary amides is 1. The molecule has 1 aromatic carbocycles. The molecule has 30 heavy (non-hydrogen) atoms. The Labute approximate surface area is 180 Å². The van der Waals surface area contributed by atoms with Crippen molar-refractivity contribution < 1.29 is 24.0 Å². The van der Waals surface area contributed by atoms with Crippen LogP contribution in [0, 0.1) is 10.1 Å². The molecule has 2 amide bonds. The fraction of sp³-hybridized carbons (Fsp3) is 0.316. The van der Waals surface area contributed by atoms with Crippen molar-refractivity contribution in [3.8, 4) is 0 Å². The Morgan fingerprint density at radius 3 is 2.70 bits per heavy atom. The molecule has 1 atom stereocenters. The van der Waals surface area contributed by atoms with Gasteiger partial charge in [-0.15, -0.1) is 23.1 Å². The molecule has 0 fully saturated rings. The highest BCUT2D eigenvalue weighted by Crippen LogP contribution is 2.39. The Morgan fingerprint density at radius 1 is 1.33 bits per heavy atom. The van der Waals surface area contributed by atoms with Crippen molar-refractivity contribution in [2.75, 3.05) is 11.6 Å². The second kappa shape index (κ2) is 8.84. The number of thiophene rings is 1. The minimum atomic E-state index is -1.19. The third-order valence-corrected chi connectivity index (χ3v) is 6.66. The molecular formula is C19H19N3O6S2. The summed E-state index contributed by atoms with van der Waals surface area (Å²) in [5.41, 5.74) is 6.40. The first kappa shape index (κ1) is 21.8. The SMILES string of the molecule is CSc1ccc(C(=O)OC(C)C(=O)Nc2sc3c(c2C(N)=O)CCC3)cc1[N+](=O)[O-]. The minimum Gasteiger partial charge on any atom is -0.449 e. The normalized spacial score (nSPS) is 13.4. The molecule has 1 aromatic heterocycles. The molecule has 158 valence electrons. The summed E-state index contributed by atoms with van der Waals surface area (Å²) in [6.07, 6.45) is 2.99. The fourth-order valence-corrected chi connectivity index (χ4v) is 5.05. The van der Waals surface area contributed by atoms with Gasteiger partial charge in [0.1, 0.15) is 5.00 Å². The number of amides is 2. The number of nitrogens with one attached hydrogen (secondary N) is 1. The maximum atomic E-state index is 12.5. The van der Waals surface area contributed by atoms with Crippen LogP contribution in [0.15, 0.2) is 23.1 Å². The molecule has 11 heteroatoms. The second-order valence-electron chi connectivity index (χ2n) is 6.61. The molecule has 0 saturated heterocycles. The Balaban J connectivity index is 1.72. The van der Waals surface area contributed by atoms with Crippen LogP contribution in [-0.2, 0) is 22.4 Å². The molecule has 1 heterocycles. The van der Waals surface area contributed by atoms with Gasteiger partial charge in [0.25, 0.3) is 17.5 Å². The highest BCUT2D eigenvalue weighted by atomic mass is 32.2. The highest BCUT2D eigenvalue weighted by molar-refractivity contribution is 7.98. The summed E-state index contributed by atoms with van der Waals surface area (Å²) < 4.78 is 5.16. The van der Waals surface area contributed by atoms with Crippen molar-refractivity contribution in [1.29, 1.82) is 0 Å². The predicted octanol–water partition coefficient (Wildman–Crippen LogP) is 3.15. The van der Waals surface area contributed by atoms with Crippen molar-refractivity contribution in [1.82, 2.24) is 0 Å². The Kier molecular flexibility index (Phi) is 6.42. The molecule has 1 aliphatic rings. The summed E-state index contributed by atoms with van der Waals surface area (Å²) in [4.78, 5) is 48.7. The zero-order valence-electron chi connectivity index (χ0n) is 16.2. The number of thioether (sulfide) groups is 1. The van der Waals surface area contributed by atoms with E-state index in [0.29, 0.717) is 15.5 Å². The van der Waals surface area contributed by atoms with Gasteiger partial charge in [0.2, 0.25) is 0 Å². The second-order valence-corrected chi connectivity index (χ2v) is 8.56. The van der Waals surface area contributed by atoms with Crippen LogP contribution in [0.2, 0.25) is 0 Å². The van der Waals surface area contributed by atoms with Crippen LogP contribution in [0.4, 0.5) is 10.7 Å². The summed E-state index contributed by atoms with van der Waals surface area (Å²) in [6, 6.07) is 3.98. The van der Waals surface area contributed by atoms with E-state index >= 15 is 0 Å². The number of carbonyl (C=O) groups excluding carboxylic acids is 3. The van der Waals surface area contributed by atoms with Crippen molar-refractivity contribution in [2.24, 2.45) is 5.73 Å².